The third kappa shape index (κ3) is 5.57. The minimum absolute atomic E-state index is 0.0181. The molecule has 1 aliphatic heterocycles. The maximum Gasteiger partial charge on any atom is 0.418 e. The van der Waals surface area contributed by atoms with Crippen LogP contribution >= 0.6 is 11.6 Å². The van der Waals surface area contributed by atoms with Crippen molar-refractivity contribution in [3.8, 4) is 0 Å². The van der Waals surface area contributed by atoms with E-state index in [1.54, 1.807) is 24.0 Å². The monoisotopic (exact) mass is 541 g/mol. The number of hydrogen-bond acceptors (Lipinski definition) is 5. The van der Waals surface area contributed by atoms with Gasteiger partial charge >= 0.3 is 6.09 Å². The minimum Gasteiger partial charge on any atom is -0.449 e. The van der Waals surface area contributed by atoms with Gasteiger partial charge < -0.3 is 14.5 Å². The van der Waals surface area contributed by atoms with Crippen molar-refractivity contribution in [3.63, 3.8) is 0 Å². The smallest absolute Gasteiger partial charge is 0.418 e. The Morgan fingerprint density at radius 3 is 2.32 bits per heavy atom. The van der Waals surface area contributed by atoms with Gasteiger partial charge in [0.05, 0.1) is 28.3 Å². The molecule has 3 aromatic rings. The van der Waals surface area contributed by atoms with Crippen molar-refractivity contribution in [2.75, 3.05) is 33.8 Å². The molecule has 1 aromatic heterocycles. The highest BCUT2D eigenvalue weighted by atomic mass is 35.5. The van der Waals surface area contributed by atoms with E-state index in [2.05, 4.69) is 0 Å². The van der Waals surface area contributed by atoms with Gasteiger partial charge in [-0.1, -0.05) is 23.7 Å². The summed E-state index contributed by atoms with van der Waals surface area (Å²) in [6.45, 7) is 2.80. The molecule has 10 heteroatoms. The van der Waals surface area contributed by atoms with E-state index < -0.39 is 17.8 Å². The number of piperidine rings is 1. The first-order chi connectivity index (χ1) is 18.1. The van der Waals surface area contributed by atoms with E-state index >= 15 is 0 Å². The van der Waals surface area contributed by atoms with E-state index in [1.807, 2.05) is 0 Å². The summed E-state index contributed by atoms with van der Waals surface area (Å²) in [6, 6.07) is 9.38. The van der Waals surface area contributed by atoms with Gasteiger partial charge in [0.25, 0.3) is 17.6 Å². The summed E-state index contributed by atoms with van der Waals surface area (Å²) in [5.41, 5.74) is 1.48. The lowest BCUT2D eigenvalue weighted by Gasteiger charge is -2.32. The number of benzene rings is 2. The summed E-state index contributed by atoms with van der Waals surface area (Å²) < 4.78 is 19.4. The largest absolute Gasteiger partial charge is 0.449 e. The highest BCUT2D eigenvalue weighted by molar-refractivity contribution is 6.45. The standard InChI is InChI=1S/C28H29ClFN3O5/c1-4-38-28(37)33-16-22(25(34)27(36)31(2)3)20-14-21(23(29)15-24(20)33)26(35)32-11-9-18(10-12-32)13-17-5-7-19(30)8-6-17/h5-8,14-16,18H,4,9-13H2,1-3H3. The summed E-state index contributed by atoms with van der Waals surface area (Å²) in [5, 5.41) is 0.384. The lowest BCUT2D eigenvalue weighted by atomic mass is 9.90. The van der Waals surface area contributed by atoms with Gasteiger partial charge in [-0.15, -0.1) is 0 Å². The zero-order valence-corrected chi connectivity index (χ0v) is 22.3. The number of aromatic nitrogens is 1. The molecular weight excluding hydrogens is 513 g/mol. The molecule has 1 aliphatic rings. The number of amides is 2. The molecule has 0 aliphatic carbocycles. The third-order valence-electron chi connectivity index (χ3n) is 6.77. The molecule has 0 spiro atoms. The second-order valence-electron chi connectivity index (χ2n) is 9.56. The molecule has 0 atom stereocenters. The molecule has 2 aromatic carbocycles. The molecule has 8 nitrogen and oxygen atoms in total. The van der Waals surface area contributed by atoms with Crippen molar-refractivity contribution in [2.45, 2.75) is 26.2 Å². The molecular formula is C28H29ClFN3O5. The quantitative estimate of drug-likeness (QED) is 0.330. The first-order valence-electron chi connectivity index (χ1n) is 12.4. The zero-order valence-electron chi connectivity index (χ0n) is 21.5. The van der Waals surface area contributed by atoms with Crippen LogP contribution in [0, 0.1) is 11.7 Å². The second kappa shape index (κ2) is 11.3. The van der Waals surface area contributed by atoms with Gasteiger partial charge in [0.15, 0.2) is 0 Å². The molecule has 2 heterocycles. The lowest BCUT2D eigenvalue weighted by molar-refractivity contribution is -0.124. The first kappa shape index (κ1) is 27.3. The van der Waals surface area contributed by atoms with Crippen LogP contribution in [-0.2, 0) is 16.0 Å². The van der Waals surface area contributed by atoms with Gasteiger partial charge in [0.1, 0.15) is 5.82 Å². The fourth-order valence-electron chi connectivity index (χ4n) is 4.72. The number of fused-ring (bicyclic) bond motifs is 1. The van der Waals surface area contributed by atoms with Crippen molar-refractivity contribution >= 4 is 46.2 Å². The fourth-order valence-corrected chi connectivity index (χ4v) is 4.96. The van der Waals surface area contributed by atoms with Gasteiger partial charge in [-0.3, -0.25) is 19.0 Å². The van der Waals surface area contributed by atoms with Gasteiger partial charge in [-0.2, -0.15) is 0 Å². The van der Waals surface area contributed by atoms with E-state index in [1.165, 1.54) is 44.6 Å². The Morgan fingerprint density at radius 2 is 1.71 bits per heavy atom. The predicted molar refractivity (Wildman–Crippen MR) is 141 cm³/mol. The summed E-state index contributed by atoms with van der Waals surface area (Å²) in [5.74, 6) is -1.78. The third-order valence-corrected chi connectivity index (χ3v) is 7.09. The van der Waals surface area contributed by atoms with Crippen molar-refractivity contribution in [3.05, 3.63) is 70.1 Å². The Morgan fingerprint density at radius 1 is 1.05 bits per heavy atom. The molecule has 4 rings (SSSR count). The van der Waals surface area contributed by atoms with Gasteiger partial charge in [0.2, 0.25) is 0 Å². The number of ketones is 1. The number of ether oxygens (including phenoxy) is 1. The number of halogens is 2. The zero-order chi connectivity index (χ0) is 27.6. The molecule has 1 saturated heterocycles. The normalized spacial score (nSPS) is 14.0. The van der Waals surface area contributed by atoms with Crippen LogP contribution in [0.2, 0.25) is 5.02 Å². The number of carbonyl (C=O) groups excluding carboxylic acids is 4. The molecule has 0 N–H and O–H groups in total. The van der Waals surface area contributed by atoms with E-state index in [-0.39, 0.29) is 45.4 Å². The number of hydrogen-bond donors (Lipinski definition) is 0. The maximum atomic E-state index is 13.5. The topological polar surface area (TPSA) is 88.9 Å². The minimum atomic E-state index is -0.814. The van der Waals surface area contributed by atoms with Gasteiger partial charge in [0, 0.05) is 38.8 Å². The molecule has 0 unspecified atom stereocenters. The Kier molecular flexibility index (Phi) is 8.16. The summed E-state index contributed by atoms with van der Waals surface area (Å²) in [7, 11) is 2.91. The van der Waals surface area contributed by atoms with Crippen molar-refractivity contribution < 1.29 is 28.3 Å². The van der Waals surface area contributed by atoms with Crippen LogP contribution in [0.3, 0.4) is 0 Å². The average molecular weight is 542 g/mol. The van der Waals surface area contributed by atoms with Crippen LogP contribution in [0.25, 0.3) is 10.9 Å². The van der Waals surface area contributed by atoms with Crippen LogP contribution < -0.4 is 0 Å². The molecule has 0 radical (unpaired) electrons. The van der Waals surface area contributed by atoms with Crippen molar-refractivity contribution in [2.24, 2.45) is 5.92 Å². The Hall–Kier alpha value is -3.72. The Bertz CT molecular complexity index is 1390. The Labute approximate surface area is 224 Å². The number of likely N-dealkylation sites (tertiary alicyclic amines) is 1. The fraction of sp³-hybridized carbons (Fsp3) is 0.357. The highest BCUT2D eigenvalue weighted by Gasteiger charge is 2.29. The van der Waals surface area contributed by atoms with Crippen LogP contribution in [0.5, 0.6) is 0 Å². The number of rotatable bonds is 6. The number of Topliss-reactive ketones (excluding diaryl/α,β-unsaturated/α-hetero) is 1. The molecule has 0 saturated carbocycles. The van der Waals surface area contributed by atoms with Crippen molar-refractivity contribution in [1.29, 1.82) is 0 Å². The molecule has 0 bridgehead atoms. The average Bonchev–Trinajstić information content (AvgIpc) is 3.27. The predicted octanol–water partition coefficient (Wildman–Crippen LogP) is 4.80. The van der Waals surface area contributed by atoms with Crippen LogP contribution in [0.1, 0.15) is 46.0 Å². The van der Waals surface area contributed by atoms with Crippen LogP contribution in [0.4, 0.5) is 9.18 Å². The lowest BCUT2D eigenvalue weighted by Crippen LogP contribution is -2.39. The van der Waals surface area contributed by atoms with Crippen molar-refractivity contribution in [1.82, 2.24) is 14.4 Å². The highest BCUT2D eigenvalue weighted by Crippen LogP contribution is 2.31. The van der Waals surface area contributed by atoms with Crippen LogP contribution in [0.15, 0.2) is 42.6 Å². The summed E-state index contributed by atoms with van der Waals surface area (Å²) in [6.07, 6.45) is 2.89. The molecule has 200 valence electrons. The van der Waals surface area contributed by atoms with E-state index in [9.17, 15) is 23.6 Å². The summed E-state index contributed by atoms with van der Waals surface area (Å²) >= 11 is 6.52. The van der Waals surface area contributed by atoms with Gasteiger partial charge in [-0.25, -0.2) is 9.18 Å². The number of nitrogens with zero attached hydrogens (tertiary/aromatic N) is 3. The summed E-state index contributed by atoms with van der Waals surface area (Å²) in [4.78, 5) is 54.3. The molecule has 38 heavy (non-hydrogen) atoms. The van der Waals surface area contributed by atoms with E-state index in [4.69, 9.17) is 16.3 Å². The van der Waals surface area contributed by atoms with Crippen LogP contribution in [-0.4, -0.2) is 71.8 Å². The van der Waals surface area contributed by atoms with E-state index in [0.717, 1.165) is 34.3 Å². The maximum absolute atomic E-state index is 13.5. The second-order valence-corrected chi connectivity index (χ2v) is 9.96. The SMILES string of the molecule is CCOC(=O)n1cc(C(=O)C(=O)N(C)C)c2cc(C(=O)N3CCC(Cc4ccc(F)cc4)CC3)c(Cl)cc21. The number of likely N-dealkylation sites (N-methyl/N-ethyl adjacent to an activating group) is 1. The number of carbonyl (C=O) groups is 4. The molecule has 2 amide bonds. The Balaban J connectivity index is 1.60. The first-order valence-corrected chi connectivity index (χ1v) is 12.8. The van der Waals surface area contributed by atoms with Gasteiger partial charge in [-0.05, 0) is 61.9 Å². The van der Waals surface area contributed by atoms with E-state index in [0.29, 0.717) is 19.0 Å². The molecule has 1 fully saturated rings.